The van der Waals surface area contributed by atoms with Crippen molar-refractivity contribution >= 4 is 5.78 Å². The van der Waals surface area contributed by atoms with Crippen molar-refractivity contribution in [3.63, 3.8) is 0 Å². The second-order valence-corrected chi connectivity index (χ2v) is 3.93. The van der Waals surface area contributed by atoms with Crippen molar-refractivity contribution < 1.29 is 9.90 Å². The summed E-state index contributed by atoms with van der Waals surface area (Å²) in [5, 5.41) is 9.81. The number of Topliss-reactive ketones (excluding diaryl/α,β-unsaturated/α-hetero) is 1. The molecule has 0 fully saturated rings. The Bertz CT molecular complexity index is 344. The molecule has 1 aromatic carbocycles. The van der Waals surface area contributed by atoms with Crippen molar-refractivity contribution in [2.45, 2.75) is 39.2 Å². The van der Waals surface area contributed by atoms with E-state index >= 15 is 0 Å². The predicted molar refractivity (Wildman–Crippen MR) is 60.9 cm³/mol. The molecule has 82 valence electrons. The molecule has 0 heterocycles. The fourth-order valence-corrected chi connectivity index (χ4v) is 1.90. The van der Waals surface area contributed by atoms with Gasteiger partial charge in [-0.15, -0.1) is 0 Å². The van der Waals surface area contributed by atoms with Crippen LogP contribution in [0.25, 0.3) is 0 Å². The number of ketones is 1. The van der Waals surface area contributed by atoms with Gasteiger partial charge in [-0.3, -0.25) is 4.79 Å². The van der Waals surface area contributed by atoms with Gasteiger partial charge in [-0.05, 0) is 31.4 Å². The fraction of sp³-hybridized carbons (Fsp3) is 0.462. The zero-order chi connectivity index (χ0) is 11.4. The summed E-state index contributed by atoms with van der Waals surface area (Å²) in [5.74, 6) is -0.242. The lowest BCUT2D eigenvalue weighted by atomic mass is 9.86. The molecule has 15 heavy (non-hydrogen) atoms. The molecule has 0 spiro atoms. The maximum atomic E-state index is 11.2. The van der Waals surface area contributed by atoms with E-state index in [1.54, 1.807) is 0 Å². The van der Waals surface area contributed by atoms with Gasteiger partial charge in [0.25, 0.3) is 0 Å². The first kappa shape index (κ1) is 11.9. The molecule has 0 radical (unpaired) electrons. The van der Waals surface area contributed by atoms with E-state index in [1.807, 2.05) is 38.1 Å². The van der Waals surface area contributed by atoms with E-state index in [0.717, 1.165) is 17.5 Å². The zero-order valence-electron chi connectivity index (χ0n) is 9.53. The van der Waals surface area contributed by atoms with Crippen molar-refractivity contribution in [2.24, 2.45) is 0 Å². The molecule has 1 rings (SSSR count). The molecule has 0 aliphatic heterocycles. The van der Waals surface area contributed by atoms with Crippen LogP contribution in [0.5, 0.6) is 0 Å². The fourth-order valence-electron chi connectivity index (χ4n) is 1.90. The summed E-state index contributed by atoms with van der Waals surface area (Å²) in [4.78, 5) is 11.2. The molecular weight excluding hydrogens is 188 g/mol. The third-order valence-corrected chi connectivity index (χ3v) is 2.83. The highest BCUT2D eigenvalue weighted by molar-refractivity contribution is 5.81. The molecule has 2 nitrogen and oxygen atoms in total. The van der Waals surface area contributed by atoms with Gasteiger partial charge >= 0.3 is 0 Å². The van der Waals surface area contributed by atoms with E-state index in [2.05, 4.69) is 0 Å². The number of carbonyl (C=O) groups is 1. The summed E-state index contributed by atoms with van der Waals surface area (Å²) >= 11 is 0. The number of carbonyl (C=O) groups excluding carboxylic acids is 1. The van der Waals surface area contributed by atoms with E-state index in [1.165, 1.54) is 6.92 Å². The summed E-state index contributed by atoms with van der Waals surface area (Å²) in [6.07, 6.45) is -0.109. The van der Waals surface area contributed by atoms with Crippen LogP contribution < -0.4 is 0 Å². The Kier molecular flexibility index (Phi) is 4.04. The number of aliphatic hydroxyl groups is 1. The highest BCUT2D eigenvalue weighted by Crippen LogP contribution is 2.26. The number of aliphatic hydroxyl groups excluding tert-OH is 1. The minimum Gasteiger partial charge on any atom is -0.385 e. The lowest BCUT2D eigenvalue weighted by Gasteiger charge is -2.21. The zero-order valence-corrected chi connectivity index (χ0v) is 9.53. The summed E-state index contributed by atoms with van der Waals surface area (Å²) in [5.41, 5.74) is 2.20. The number of rotatable bonds is 4. The third-order valence-electron chi connectivity index (χ3n) is 2.83. The lowest BCUT2D eigenvalue weighted by Crippen LogP contribution is -2.26. The van der Waals surface area contributed by atoms with Crippen molar-refractivity contribution in [1.82, 2.24) is 0 Å². The van der Waals surface area contributed by atoms with Gasteiger partial charge in [0, 0.05) is 5.92 Å². The number of hydrogen-bond donors (Lipinski definition) is 1. The van der Waals surface area contributed by atoms with E-state index in [0.29, 0.717) is 0 Å². The van der Waals surface area contributed by atoms with Gasteiger partial charge in [-0.25, -0.2) is 0 Å². The topological polar surface area (TPSA) is 37.3 Å². The first-order valence-electron chi connectivity index (χ1n) is 5.32. The molecule has 0 aromatic heterocycles. The van der Waals surface area contributed by atoms with Crippen molar-refractivity contribution in [3.05, 3.63) is 35.4 Å². The maximum Gasteiger partial charge on any atom is 0.158 e. The van der Waals surface area contributed by atoms with Crippen molar-refractivity contribution in [3.8, 4) is 0 Å². The first-order chi connectivity index (χ1) is 7.07. The van der Waals surface area contributed by atoms with E-state index < -0.39 is 6.10 Å². The van der Waals surface area contributed by atoms with Crippen LogP contribution in [-0.4, -0.2) is 17.0 Å². The molecule has 0 amide bonds. The Hall–Kier alpha value is -1.15. The lowest BCUT2D eigenvalue weighted by molar-refractivity contribution is -0.126. The van der Waals surface area contributed by atoms with Gasteiger partial charge in [0.1, 0.15) is 6.10 Å². The second kappa shape index (κ2) is 5.08. The largest absolute Gasteiger partial charge is 0.385 e. The van der Waals surface area contributed by atoms with Crippen molar-refractivity contribution in [2.75, 3.05) is 0 Å². The van der Waals surface area contributed by atoms with Gasteiger partial charge in [0.15, 0.2) is 5.78 Å². The molecule has 0 bridgehead atoms. The molecule has 0 aliphatic rings. The Morgan fingerprint density at radius 1 is 1.40 bits per heavy atom. The minimum absolute atomic E-state index is 0.0799. The molecule has 2 heteroatoms. The van der Waals surface area contributed by atoms with E-state index in [4.69, 9.17) is 0 Å². The van der Waals surface area contributed by atoms with E-state index in [-0.39, 0.29) is 11.7 Å². The van der Waals surface area contributed by atoms with Gasteiger partial charge in [0.2, 0.25) is 0 Å². The molecule has 0 aliphatic carbocycles. The van der Waals surface area contributed by atoms with Gasteiger partial charge in [-0.2, -0.15) is 0 Å². The highest BCUT2D eigenvalue weighted by atomic mass is 16.3. The molecule has 1 N–H and O–H groups in total. The van der Waals surface area contributed by atoms with Crippen LogP contribution in [0.4, 0.5) is 0 Å². The standard InChI is InChI=1S/C13H18O2/c1-4-11(13(15)10(3)14)12-8-6-5-7-9(12)2/h5-8,11,13,15H,4H2,1-3H3. The molecule has 0 saturated carbocycles. The van der Waals surface area contributed by atoms with Crippen LogP contribution in [-0.2, 0) is 4.79 Å². The maximum absolute atomic E-state index is 11.2. The van der Waals surface area contributed by atoms with Crippen LogP contribution in [0.3, 0.4) is 0 Å². The smallest absolute Gasteiger partial charge is 0.158 e. The van der Waals surface area contributed by atoms with Gasteiger partial charge in [-0.1, -0.05) is 31.2 Å². The third kappa shape index (κ3) is 2.66. The molecule has 1 aromatic rings. The summed E-state index contributed by atoms with van der Waals surface area (Å²) in [6.45, 7) is 5.43. The SMILES string of the molecule is CCC(c1ccccc1C)C(O)C(C)=O. The normalized spacial score (nSPS) is 14.7. The van der Waals surface area contributed by atoms with Crippen LogP contribution in [0.15, 0.2) is 24.3 Å². The Morgan fingerprint density at radius 2 is 2.00 bits per heavy atom. The number of aryl methyl sites for hydroxylation is 1. The highest BCUT2D eigenvalue weighted by Gasteiger charge is 2.23. The minimum atomic E-state index is -0.879. The Morgan fingerprint density at radius 3 is 2.47 bits per heavy atom. The van der Waals surface area contributed by atoms with Crippen LogP contribution in [0.2, 0.25) is 0 Å². The Balaban J connectivity index is 3.02. The summed E-state index contributed by atoms with van der Waals surface area (Å²) < 4.78 is 0. The molecular formula is C13H18O2. The molecule has 2 unspecified atom stereocenters. The summed E-state index contributed by atoms with van der Waals surface area (Å²) in [6, 6.07) is 7.89. The van der Waals surface area contributed by atoms with Crippen molar-refractivity contribution in [1.29, 1.82) is 0 Å². The first-order valence-corrected chi connectivity index (χ1v) is 5.32. The summed E-state index contributed by atoms with van der Waals surface area (Å²) in [7, 11) is 0. The number of hydrogen-bond acceptors (Lipinski definition) is 2. The van der Waals surface area contributed by atoms with Crippen LogP contribution in [0, 0.1) is 6.92 Å². The average Bonchev–Trinajstić information content (AvgIpc) is 2.21. The number of benzene rings is 1. The van der Waals surface area contributed by atoms with Gasteiger partial charge in [0.05, 0.1) is 0 Å². The average molecular weight is 206 g/mol. The quantitative estimate of drug-likeness (QED) is 0.821. The van der Waals surface area contributed by atoms with Gasteiger partial charge < -0.3 is 5.11 Å². The van der Waals surface area contributed by atoms with E-state index in [9.17, 15) is 9.90 Å². The van der Waals surface area contributed by atoms with Crippen LogP contribution >= 0.6 is 0 Å². The Labute approximate surface area is 90.9 Å². The second-order valence-electron chi connectivity index (χ2n) is 3.93. The monoisotopic (exact) mass is 206 g/mol. The predicted octanol–water partition coefficient (Wildman–Crippen LogP) is 2.44. The van der Waals surface area contributed by atoms with Crippen LogP contribution in [0.1, 0.15) is 37.3 Å². The molecule has 2 atom stereocenters. The molecule has 0 saturated heterocycles.